The number of halogens is 1. The van der Waals surface area contributed by atoms with Crippen molar-refractivity contribution in [3.63, 3.8) is 0 Å². The Morgan fingerprint density at radius 1 is 0.952 bits per heavy atom. The molecule has 2 aromatic carbocycles. The fraction of sp³-hybridized carbons (Fsp3) is 0.294. The van der Waals surface area contributed by atoms with Crippen molar-refractivity contribution in [1.82, 2.24) is 0 Å². The molecular formula is C17H18BFO2. The predicted octanol–water partition coefficient (Wildman–Crippen LogP) is 3.26. The van der Waals surface area contributed by atoms with Crippen LogP contribution in [-0.2, 0) is 9.31 Å². The van der Waals surface area contributed by atoms with E-state index >= 15 is 0 Å². The van der Waals surface area contributed by atoms with E-state index in [1.54, 1.807) is 12.1 Å². The molecule has 0 atom stereocenters. The fourth-order valence-corrected chi connectivity index (χ4v) is 2.45. The molecule has 1 aliphatic rings. The lowest BCUT2D eigenvalue weighted by atomic mass is 9.77. The van der Waals surface area contributed by atoms with Gasteiger partial charge in [-0.15, -0.1) is 0 Å². The largest absolute Gasteiger partial charge is 0.493 e. The van der Waals surface area contributed by atoms with Crippen molar-refractivity contribution in [2.45, 2.75) is 13.3 Å². The van der Waals surface area contributed by atoms with Crippen molar-refractivity contribution in [2.75, 3.05) is 13.2 Å². The average molecular weight is 284 g/mol. The second-order valence-electron chi connectivity index (χ2n) is 5.40. The molecule has 3 rings (SSSR count). The molecule has 0 amide bonds. The summed E-state index contributed by atoms with van der Waals surface area (Å²) in [4.78, 5) is 0. The van der Waals surface area contributed by atoms with Gasteiger partial charge in [0.25, 0.3) is 0 Å². The van der Waals surface area contributed by atoms with Gasteiger partial charge in [0.2, 0.25) is 0 Å². The second-order valence-corrected chi connectivity index (χ2v) is 5.40. The minimum Gasteiger partial charge on any atom is -0.407 e. The van der Waals surface area contributed by atoms with Gasteiger partial charge in [0.15, 0.2) is 0 Å². The van der Waals surface area contributed by atoms with Crippen LogP contribution in [0.5, 0.6) is 0 Å². The first kappa shape index (κ1) is 14.3. The summed E-state index contributed by atoms with van der Waals surface area (Å²) in [5, 5.41) is 0. The minimum absolute atomic E-state index is 0.218. The highest BCUT2D eigenvalue weighted by Gasteiger charge is 2.28. The van der Waals surface area contributed by atoms with Crippen LogP contribution in [0.3, 0.4) is 0 Å². The van der Waals surface area contributed by atoms with Crippen molar-refractivity contribution in [2.24, 2.45) is 5.92 Å². The van der Waals surface area contributed by atoms with Crippen LogP contribution < -0.4 is 5.46 Å². The van der Waals surface area contributed by atoms with Gasteiger partial charge in [-0.25, -0.2) is 4.39 Å². The molecule has 0 aliphatic carbocycles. The van der Waals surface area contributed by atoms with Gasteiger partial charge in [0.1, 0.15) is 5.82 Å². The average Bonchev–Trinajstić information content (AvgIpc) is 2.56. The van der Waals surface area contributed by atoms with Crippen LogP contribution in [-0.4, -0.2) is 20.3 Å². The van der Waals surface area contributed by atoms with E-state index in [4.69, 9.17) is 9.31 Å². The molecule has 21 heavy (non-hydrogen) atoms. The van der Waals surface area contributed by atoms with Crippen molar-refractivity contribution in [3.8, 4) is 11.1 Å². The molecule has 1 saturated heterocycles. The Hall–Kier alpha value is -1.65. The topological polar surface area (TPSA) is 18.5 Å². The zero-order valence-electron chi connectivity index (χ0n) is 12.1. The first-order valence-electron chi connectivity index (χ1n) is 7.35. The summed E-state index contributed by atoms with van der Waals surface area (Å²) < 4.78 is 24.5. The second kappa shape index (κ2) is 6.42. The lowest BCUT2D eigenvalue weighted by Crippen LogP contribution is -2.44. The smallest absolute Gasteiger partial charge is 0.407 e. The maximum atomic E-state index is 12.9. The number of hydrogen-bond acceptors (Lipinski definition) is 2. The van der Waals surface area contributed by atoms with E-state index in [0.29, 0.717) is 5.92 Å². The Morgan fingerprint density at radius 2 is 1.48 bits per heavy atom. The Labute approximate surface area is 125 Å². The summed E-state index contributed by atoms with van der Waals surface area (Å²) >= 11 is 0. The monoisotopic (exact) mass is 284 g/mol. The first-order valence-corrected chi connectivity index (χ1v) is 7.35. The molecule has 0 bridgehead atoms. The predicted molar refractivity (Wildman–Crippen MR) is 82.9 cm³/mol. The van der Waals surface area contributed by atoms with Crippen molar-refractivity contribution < 1.29 is 13.7 Å². The van der Waals surface area contributed by atoms with Crippen LogP contribution in [0, 0.1) is 11.7 Å². The quantitative estimate of drug-likeness (QED) is 0.805. The Kier molecular flexibility index (Phi) is 4.37. The molecule has 2 aromatic rings. The van der Waals surface area contributed by atoms with Gasteiger partial charge in [0.05, 0.1) is 0 Å². The SMILES string of the molecule is CCC1COB(c2ccc(-c3ccc(F)cc3)cc2)OC1. The van der Waals surface area contributed by atoms with Gasteiger partial charge >= 0.3 is 7.12 Å². The van der Waals surface area contributed by atoms with Crippen LogP contribution in [0.25, 0.3) is 11.1 Å². The summed E-state index contributed by atoms with van der Waals surface area (Å²) in [6.07, 6.45) is 1.08. The van der Waals surface area contributed by atoms with E-state index in [-0.39, 0.29) is 12.9 Å². The third-order valence-electron chi connectivity index (χ3n) is 3.90. The molecule has 1 aliphatic heterocycles. The summed E-state index contributed by atoms with van der Waals surface area (Å²) in [7, 11) is -0.268. The Bertz CT molecular complexity index is 575. The van der Waals surface area contributed by atoms with Crippen LogP contribution in [0.4, 0.5) is 4.39 Å². The highest BCUT2D eigenvalue weighted by molar-refractivity contribution is 6.61. The molecule has 0 N–H and O–H groups in total. The van der Waals surface area contributed by atoms with Gasteiger partial charge < -0.3 is 9.31 Å². The molecule has 1 fully saturated rings. The Morgan fingerprint density at radius 3 is 2.00 bits per heavy atom. The van der Waals surface area contributed by atoms with Gasteiger partial charge in [0, 0.05) is 19.1 Å². The normalized spacial score (nSPS) is 16.2. The molecule has 0 aromatic heterocycles. The van der Waals surface area contributed by atoms with E-state index < -0.39 is 0 Å². The van der Waals surface area contributed by atoms with E-state index in [1.807, 2.05) is 24.3 Å². The zero-order chi connectivity index (χ0) is 14.7. The fourth-order valence-electron chi connectivity index (χ4n) is 2.45. The lowest BCUT2D eigenvalue weighted by Gasteiger charge is -2.26. The number of benzene rings is 2. The van der Waals surface area contributed by atoms with E-state index in [0.717, 1.165) is 36.2 Å². The highest BCUT2D eigenvalue weighted by Crippen LogP contribution is 2.19. The Balaban J connectivity index is 1.71. The minimum atomic E-state index is -0.268. The third kappa shape index (κ3) is 3.34. The molecule has 0 unspecified atom stereocenters. The molecule has 0 saturated carbocycles. The van der Waals surface area contributed by atoms with Crippen molar-refractivity contribution in [1.29, 1.82) is 0 Å². The lowest BCUT2D eigenvalue weighted by molar-refractivity contribution is 0.0850. The van der Waals surface area contributed by atoms with Crippen LogP contribution in [0.15, 0.2) is 48.5 Å². The third-order valence-corrected chi connectivity index (χ3v) is 3.90. The zero-order valence-corrected chi connectivity index (χ0v) is 12.1. The molecule has 1 heterocycles. The number of hydrogen-bond donors (Lipinski definition) is 0. The van der Waals surface area contributed by atoms with Crippen molar-refractivity contribution in [3.05, 3.63) is 54.3 Å². The standard InChI is InChI=1S/C17H18BFO2/c1-2-13-11-20-18(21-12-13)16-7-3-14(4-8-16)15-5-9-17(19)10-6-15/h3-10,13H,2,11-12H2,1H3. The summed E-state index contributed by atoms with van der Waals surface area (Å²) in [6.45, 7) is 3.65. The van der Waals surface area contributed by atoms with E-state index in [1.165, 1.54) is 12.1 Å². The van der Waals surface area contributed by atoms with E-state index in [9.17, 15) is 4.39 Å². The highest BCUT2D eigenvalue weighted by atomic mass is 19.1. The van der Waals surface area contributed by atoms with Crippen molar-refractivity contribution >= 4 is 12.6 Å². The maximum Gasteiger partial charge on any atom is 0.493 e. The van der Waals surface area contributed by atoms with E-state index in [2.05, 4.69) is 6.92 Å². The van der Waals surface area contributed by atoms with Gasteiger partial charge in [-0.05, 0) is 35.1 Å². The van der Waals surface area contributed by atoms with Gasteiger partial charge in [-0.3, -0.25) is 0 Å². The summed E-state index contributed by atoms with van der Waals surface area (Å²) in [5.41, 5.74) is 3.08. The first-order chi connectivity index (χ1) is 10.3. The molecule has 0 spiro atoms. The molecule has 108 valence electrons. The summed E-state index contributed by atoms with van der Waals surface area (Å²) in [6, 6.07) is 14.6. The number of rotatable bonds is 3. The maximum absolute atomic E-state index is 12.9. The molecule has 0 radical (unpaired) electrons. The van der Waals surface area contributed by atoms with Crippen LogP contribution in [0.2, 0.25) is 0 Å². The van der Waals surface area contributed by atoms with Crippen LogP contribution in [0.1, 0.15) is 13.3 Å². The molecule has 2 nitrogen and oxygen atoms in total. The van der Waals surface area contributed by atoms with Gasteiger partial charge in [-0.2, -0.15) is 0 Å². The molecule has 4 heteroatoms. The van der Waals surface area contributed by atoms with Crippen LogP contribution >= 0.6 is 0 Å². The summed E-state index contributed by atoms with van der Waals surface area (Å²) in [5.74, 6) is 0.282. The van der Waals surface area contributed by atoms with Gasteiger partial charge in [-0.1, -0.05) is 43.3 Å². The molecular weight excluding hydrogens is 266 g/mol.